The van der Waals surface area contributed by atoms with Crippen LogP contribution in [0.2, 0.25) is 0 Å². The first-order chi connectivity index (χ1) is 7.67. The maximum Gasteiger partial charge on any atom is 0.290 e. The molecule has 1 amide bonds. The van der Waals surface area contributed by atoms with Crippen LogP contribution in [0.5, 0.6) is 0 Å². The van der Waals surface area contributed by atoms with Gasteiger partial charge in [-0.25, -0.2) is 0 Å². The molecular weight excluding hydrogens is 218 g/mol. The minimum atomic E-state index is -1.46. The Kier molecular flexibility index (Phi) is 4.53. The van der Waals surface area contributed by atoms with Crippen molar-refractivity contribution in [3.8, 4) is 0 Å². The topological polar surface area (TPSA) is 108 Å². The second kappa shape index (κ2) is 5.69. The summed E-state index contributed by atoms with van der Waals surface area (Å²) < 4.78 is 9.88. The summed E-state index contributed by atoms with van der Waals surface area (Å²) in [5.41, 5.74) is -1.46. The molecule has 1 aliphatic heterocycles. The van der Waals surface area contributed by atoms with E-state index in [1.807, 2.05) is 0 Å². The first-order valence-electron chi connectivity index (χ1n) is 4.77. The Morgan fingerprint density at radius 2 is 1.94 bits per heavy atom. The Balaban J connectivity index is 2.64. The van der Waals surface area contributed by atoms with Gasteiger partial charge in [-0.15, -0.1) is 0 Å². The molecule has 7 nitrogen and oxygen atoms in total. The zero-order valence-corrected chi connectivity index (χ0v) is 8.68. The van der Waals surface area contributed by atoms with Crippen molar-refractivity contribution < 1.29 is 29.6 Å². The Bertz CT molecular complexity index is 265. The van der Waals surface area contributed by atoms with Crippen molar-refractivity contribution in [2.24, 2.45) is 0 Å². The quantitative estimate of drug-likeness (QED) is 0.425. The minimum Gasteiger partial charge on any atom is -0.494 e. The van der Waals surface area contributed by atoms with Crippen LogP contribution in [0.1, 0.15) is 0 Å². The van der Waals surface area contributed by atoms with E-state index in [0.717, 1.165) is 6.26 Å². The number of aliphatic hydroxyl groups excluding tert-OH is 3. The average molecular weight is 233 g/mol. The second-order valence-electron chi connectivity index (χ2n) is 3.41. The van der Waals surface area contributed by atoms with Crippen LogP contribution >= 0.6 is 0 Å². The number of hydrogen-bond donors (Lipinski definition) is 4. The lowest BCUT2D eigenvalue weighted by Crippen LogP contribution is -2.57. The largest absolute Gasteiger partial charge is 0.494 e. The van der Waals surface area contributed by atoms with E-state index in [9.17, 15) is 4.79 Å². The molecule has 0 saturated heterocycles. The summed E-state index contributed by atoms with van der Waals surface area (Å²) >= 11 is 0. The molecule has 16 heavy (non-hydrogen) atoms. The molecule has 0 aromatic rings. The van der Waals surface area contributed by atoms with Crippen molar-refractivity contribution in [1.29, 1.82) is 0 Å². The Hall–Kier alpha value is -1.31. The third-order valence-electron chi connectivity index (χ3n) is 2.16. The number of nitrogens with one attached hydrogen (secondary N) is 1. The molecule has 0 fully saturated rings. The molecule has 0 spiro atoms. The van der Waals surface area contributed by atoms with Crippen LogP contribution < -0.4 is 5.32 Å². The first kappa shape index (κ1) is 12.8. The van der Waals surface area contributed by atoms with E-state index in [2.05, 4.69) is 5.32 Å². The molecule has 0 unspecified atom stereocenters. The van der Waals surface area contributed by atoms with Gasteiger partial charge in [0.2, 0.25) is 5.76 Å². The number of carbonyl (C=O) groups excluding carboxylic acids is 1. The van der Waals surface area contributed by atoms with E-state index < -0.39 is 31.3 Å². The van der Waals surface area contributed by atoms with E-state index >= 15 is 0 Å². The van der Waals surface area contributed by atoms with Gasteiger partial charge in [0, 0.05) is 0 Å². The molecule has 0 bridgehead atoms. The lowest BCUT2D eigenvalue weighted by Gasteiger charge is -2.29. The van der Waals surface area contributed by atoms with Gasteiger partial charge >= 0.3 is 0 Å². The lowest BCUT2D eigenvalue weighted by atomic mass is 10.0. The smallest absolute Gasteiger partial charge is 0.290 e. The van der Waals surface area contributed by atoms with Crippen LogP contribution in [-0.4, -0.2) is 59.8 Å². The van der Waals surface area contributed by atoms with E-state index in [4.69, 9.17) is 24.8 Å². The number of amides is 1. The van der Waals surface area contributed by atoms with Crippen molar-refractivity contribution in [3.05, 3.63) is 12.0 Å². The second-order valence-corrected chi connectivity index (χ2v) is 3.41. The molecule has 0 aliphatic carbocycles. The van der Waals surface area contributed by atoms with Crippen LogP contribution in [-0.2, 0) is 14.3 Å². The summed E-state index contributed by atoms with van der Waals surface area (Å²) in [5.74, 6) is -0.706. The zero-order valence-electron chi connectivity index (χ0n) is 8.68. The molecule has 0 radical (unpaired) electrons. The minimum absolute atomic E-state index is 0.0500. The molecule has 1 rings (SSSR count). The molecule has 0 atom stereocenters. The van der Waals surface area contributed by atoms with Crippen LogP contribution in [0.3, 0.4) is 0 Å². The number of aliphatic hydroxyl groups is 3. The standard InChI is InChI=1S/C9H15NO6/c11-4-9(5-12,6-13)10-8(14)7-3-15-1-2-16-7/h3,11-13H,1-2,4-6H2,(H,10,14). The summed E-state index contributed by atoms with van der Waals surface area (Å²) in [7, 11) is 0. The summed E-state index contributed by atoms with van der Waals surface area (Å²) in [4.78, 5) is 11.6. The fourth-order valence-electron chi connectivity index (χ4n) is 1.06. The molecule has 0 saturated carbocycles. The lowest BCUT2D eigenvalue weighted by molar-refractivity contribution is -0.126. The third-order valence-corrected chi connectivity index (χ3v) is 2.16. The highest BCUT2D eigenvalue weighted by atomic mass is 16.6. The van der Waals surface area contributed by atoms with Gasteiger partial charge in [0.25, 0.3) is 5.91 Å². The number of rotatable bonds is 5. The van der Waals surface area contributed by atoms with Gasteiger partial charge in [-0.2, -0.15) is 0 Å². The van der Waals surface area contributed by atoms with Crippen molar-refractivity contribution in [3.63, 3.8) is 0 Å². The predicted molar refractivity (Wildman–Crippen MR) is 52.1 cm³/mol. The molecule has 1 aliphatic rings. The zero-order chi connectivity index (χ0) is 12.0. The highest BCUT2D eigenvalue weighted by molar-refractivity contribution is 5.91. The number of ether oxygens (including phenoxy) is 2. The fourth-order valence-corrected chi connectivity index (χ4v) is 1.06. The van der Waals surface area contributed by atoms with Gasteiger partial charge in [0.1, 0.15) is 25.0 Å². The molecule has 7 heteroatoms. The first-order valence-corrected chi connectivity index (χ1v) is 4.77. The van der Waals surface area contributed by atoms with Crippen LogP contribution in [0.15, 0.2) is 12.0 Å². The van der Waals surface area contributed by atoms with Crippen molar-refractivity contribution in [1.82, 2.24) is 5.32 Å². The van der Waals surface area contributed by atoms with Gasteiger partial charge in [-0.3, -0.25) is 4.79 Å². The summed E-state index contributed by atoms with van der Waals surface area (Å²) in [6.07, 6.45) is 1.15. The Labute approximate surface area is 92.3 Å². The van der Waals surface area contributed by atoms with E-state index in [1.54, 1.807) is 0 Å². The van der Waals surface area contributed by atoms with E-state index in [0.29, 0.717) is 6.61 Å². The molecule has 92 valence electrons. The van der Waals surface area contributed by atoms with E-state index in [1.165, 1.54) is 0 Å². The molecule has 0 aromatic carbocycles. The Morgan fingerprint density at radius 1 is 1.31 bits per heavy atom. The molecular formula is C9H15NO6. The predicted octanol–water partition coefficient (Wildman–Crippen LogP) is -2.29. The SMILES string of the molecule is O=C(NC(CO)(CO)CO)C1=COCCO1. The maximum atomic E-state index is 11.6. The van der Waals surface area contributed by atoms with Crippen LogP contribution in [0.4, 0.5) is 0 Å². The molecule has 0 aromatic heterocycles. The van der Waals surface area contributed by atoms with Gasteiger partial charge in [-0.1, -0.05) is 0 Å². The summed E-state index contributed by atoms with van der Waals surface area (Å²) in [6, 6.07) is 0. The van der Waals surface area contributed by atoms with Crippen molar-refractivity contribution in [2.45, 2.75) is 5.54 Å². The molecule has 4 N–H and O–H groups in total. The highest BCUT2D eigenvalue weighted by Gasteiger charge is 2.32. The van der Waals surface area contributed by atoms with Gasteiger partial charge in [-0.05, 0) is 0 Å². The van der Waals surface area contributed by atoms with Crippen LogP contribution in [0, 0.1) is 0 Å². The summed E-state index contributed by atoms with van der Waals surface area (Å²) in [6.45, 7) is -1.13. The Morgan fingerprint density at radius 3 is 2.38 bits per heavy atom. The van der Waals surface area contributed by atoms with E-state index in [-0.39, 0.29) is 12.4 Å². The number of carbonyl (C=O) groups is 1. The average Bonchev–Trinajstić information content (AvgIpc) is 2.37. The van der Waals surface area contributed by atoms with Crippen LogP contribution in [0.25, 0.3) is 0 Å². The highest BCUT2D eigenvalue weighted by Crippen LogP contribution is 2.08. The van der Waals surface area contributed by atoms with Gasteiger partial charge < -0.3 is 30.1 Å². The van der Waals surface area contributed by atoms with Gasteiger partial charge in [0.05, 0.1) is 19.8 Å². The molecule has 1 heterocycles. The monoisotopic (exact) mass is 233 g/mol. The van der Waals surface area contributed by atoms with Gasteiger partial charge in [0.15, 0.2) is 0 Å². The van der Waals surface area contributed by atoms with Crippen molar-refractivity contribution >= 4 is 5.91 Å². The normalized spacial score (nSPS) is 15.8. The maximum absolute atomic E-state index is 11.6. The summed E-state index contributed by atoms with van der Waals surface area (Å²) in [5, 5.41) is 29.3. The fraction of sp³-hybridized carbons (Fsp3) is 0.667. The number of hydrogen-bond acceptors (Lipinski definition) is 6. The van der Waals surface area contributed by atoms with Crippen molar-refractivity contribution in [2.75, 3.05) is 33.0 Å². The third kappa shape index (κ3) is 2.84.